The lowest BCUT2D eigenvalue weighted by molar-refractivity contribution is -0.0142. The molecule has 0 amide bonds. The first-order valence-electron chi connectivity index (χ1n) is 8.84. The van der Waals surface area contributed by atoms with Gasteiger partial charge in [-0.1, -0.05) is 66.7 Å². The van der Waals surface area contributed by atoms with Crippen molar-refractivity contribution in [1.82, 2.24) is 4.90 Å². The summed E-state index contributed by atoms with van der Waals surface area (Å²) in [6.45, 7) is 6.80. The molecule has 1 saturated heterocycles. The number of nitrogens with zero attached hydrogens (tertiary/aromatic N) is 1. The van der Waals surface area contributed by atoms with Gasteiger partial charge in [0.15, 0.2) is 5.78 Å². The molecular weight excluding hydrogens is 310 g/mol. The Morgan fingerprint density at radius 2 is 1.64 bits per heavy atom. The van der Waals surface area contributed by atoms with Crippen molar-refractivity contribution in [3.8, 4) is 0 Å². The van der Waals surface area contributed by atoms with Crippen molar-refractivity contribution in [3.05, 3.63) is 84.4 Å². The van der Waals surface area contributed by atoms with Crippen LogP contribution in [0.5, 0.6) is 0 Å². The molecule has 25 heavy (non-hydrogen) atoms. The van der Waals surface area contributed by atoms with Gasteiger partial charge in [0.05, 0.1) is 18.8 Å². The van der Waals surface area contributed by atoms with Crippen molar-refractivity contribution in [2.24, 2.45) is 0 Å². The Kier molecular flexibility index (Phi) is 5.79. The van der Waals surface area contributed by atoms with Crippen molar-refractivity contribution in [1.29, 1.82) is 0 Å². The van der Waals surface area contributed by atoms with E-state index < -0.39 is 5.54 Å². The molecule has 0 saturated carbocycles. The molecule has 3 nitrogen and oxygen atoms in total. The Morgan fingerprint density at radius 1 is 1.04 bits per heavy atom. The number of morpholine rings is 1. The van der Waals surface area contributed by atoms with Crippen LogP contribution < -0.4 is 0 Å². The third kappa shape index (κ3) is 3.89. The minimum Gasteiger partial charge on any atom is -0.379 e. The van der Waals surface area contributed by atoms with Crippen LogP contribution in [0.15, 0.2) is 73.3 Å². The van der Waals surface area contributed by atoms with E-state index in [1.54, 1.807) is 0 Å². The molecule has 3 rings (SSSR count). The molecule has 0 aliphatic carbocycles. The molecule has 1 heterocycles. The molecule has 0 bridgehead atoms. The van der Waals surface area contributed by atoms with Crippen LogP contribution in [0.4, 0.5) is 0 Å². The van der Waals surface area contributed by atoms with E-state index in [1.165, 1.54) is 5.56 Å². The summed E-state index contributed by atoms with van der Waals surface area (Å²) < 4.78 is 5.53. The average molecular weight is 335 g/mol. The molecule has 0 N–H and O–H groups in total. The van der Waals surface area contributed by atoms with Gasteiger partial charge in [0.2, 0.25) is 0 Å². The highest BCUT2D eigenvalue weighted by Gasteiger charge is 2.43. The van der Waals surface area contributed by atoms with Crippen molar-refractivity contribution < 1.29 is 9.53 Å². The van der Waals surface area contributed by atoms with Crippen LogP contribution in [-0.2, 0) is 11.2 Å². The molecule has 1 aliphatic heterocycles. The van der Waals surface area contributed by atoms with Crippen LogP contribution in [0.1, 0.15) is 22.3 Å². The molecule has 1 unspecified atom stereocenters. The number of rotatable bonds is 7. The molecule has 0 spiro atoms. The van der Waals surface area contributed by atoms with Gasteiger partial charge < -0.3 is 4.74 Å². The maximum absolute atomic E-state index is 13.6. The largest absolute Gasteiger partial charge is 0.379 e. The van der Waals surface area contributed by atoms with Gasteiger partial charge in [-0.3, -0.25) is 9.69 Å². The molecular formula is C22H25NO2. The smallest absolute Gasteiger partial charge is 0.183 e. The van der Waals surface area contributed by atoms with E-state index in [2.05, 4.69) is 23.6 Å². The number of Topliss-reactive ketones (excluding diaryl/α,β-unsaturated/α-hetero) is 1. The standard InChI is InChI=1S/C22H25NO2/c1-2-13-22(23-14-16-25-17-15-23,18-19-9-5-3-6-10-19)21(24)20-11-7-4-8-12-20/h2-12H,1,13-18H2. The first-order valence-corrected chi connectivity index (χ1v) is 8.84. The zero-order valence-corrected chi connectivity index (χ0v) is 14.6. The van der Waals surface area contributed by atoms with Crippen molar-refractivity contribution in [2.45, 2.75) is 18.4 Å². The fourth-order valence-corrected chi connectivity index (χ4v) is 3.65. The minimum atomic E-state index is -0.617. The maximum atomic E-state index is 13.6. The number of ketones is 1. The second-order valence-electron chi connectivity index (χ2n) is 6.48. The van der Waals surface area contributed by atoms with Gasteiger partial charge in [0.25, 0.3) is 0 Å². The van der Waals surface area contributed by atoms with Crippen LogP contribution in [0, 0.1) is 0 Å². The molecule has 1 aliphatic rings. The van der Waals surface area contributed by atoms with Gasteiger partial charge in [-0.25, -0.2) is 0 Å². The highest BCUT2D eigenvalue weighted by molar-refractivity contribution is 6.03. The van der Waals surface area contributed by atoms with Crippen LogP contribution in [-0.4, -0.2) is 42.5 Å². The molecule has 130 valence electrons. The Balaban J connectivity index is 2.03. The van der Waals surface area contributed by atoms with E-state index in [0.717, 1.165) is 18.7 Å². The number of ether oxygens (including phenoxy) is 1. The second-order valence-corrected chi connectivity index (χ2v) is 6.48. The lowest BCUT2D eigenvalue weighted by Gasteiger charge is -2.44. The summed E-state index contributed by atoms with van der Waals surface area (Å²) in [5.41, 5.74) is 1.31. The molecule has 1 fully saturated rings. The fourth-order valence-electron chi connectivity index (χ4n) is 3.65. The van der Waals surface area contributed by atoms with Crippen molar-refractivity contribution in [3.63, 3.8) is 0 Å². The van der Waals surface area contributed by atoms with E-state index in [9.17, 15) is 4.79 Å². The van der Waals surface area contributed by atoms with Crippen LogP contribution in [0.2, 0.25) is 0 Å². The van der Waals surface area contributed by atoms with Crippen LogP contribution >= 0.6 is 0 Å². The van der Waals surface area contributed by atoms with E-state index in [-0.39, 0.29) is 5.78 Å². The highest BCUT2D eigenvalue weighted by Crippen LogP contribution is 2.31. The molecule has 0 radical (unpaired) electrons. The number of carbonyl (C=O) groups is 1. The minimum absolute atomic E-state index is 0.166. The molecule has 3 heteroatoms. The maximum Gasteiger partial charge on any atom is 0.183 e. The average Bonchev–Trinajstić information content (AvgIpc) is 2.69. The Hall–Kier alpha value is -2.23. The SMILES string of the molecule is C=CCC(Cc1ccccc1)(C(=O)c1ccccc1)N1CCOCC1. The Bertz CT molecular complexity index is 692. The van der Waals surface area contributed by atoms with Gasteiger partial charge >= 0.3 is 0 Å². The number of hydrogen-bond donors (Lipinski definition) is 0. The van der Waals surface area contributed by atoms with Gasteiger partial charge in [-0.15, -0.1) is 6.58 Å². The Morgan fingerprint density at radius 3 is 2.24 bits per heavy atom. The topological polar surface area (TPSA) is 29.5 Å². The third-order valence-electron chi connectivity index (χ3n) is 4.90. The van der Waals surface area contributed by atoms with E-state index in [1.807, 2.05) is 54.6 Å². The second kappa shape index (κ2) is 8.24. The zero-order valence-electron chi connectivity index (χ0n) is 14.6. The highest BCUT2D eigenvalue weighted by atomic mass is 16.5. The Labute approximate surface area is 149 Å². The lowest BCUT2D eigenvalue weighted by atomic mass is 9.79. The van der Waals surface area contributed by atoms with Crippen LogP contribution in [0.25, 0.3) is 0 Å². The predicted octanol–water partition coefficient (Wildman–Crippen LogP) is 3.76. The van der Waals surface area contributed by atoms with E-state index >= 15 is 0 Å². The zero-order chi connectivity index (χ0) is 17.5. The van der Waals surface area contributed by atoms with Gasteiger partial charge in [0, 0.05) is 18.7 Å². The summed E-state index contributed by atoms with van der Waals surface area (Å²) in [7, 11) is 0. The number of benzene rings is 2. The van der Waals surface area contributed by atoms with Gasteiger partial charge in [-0.2, -0.15) is 0 Å². The third-order valence-corrected chi connectivity index (χ3v) is 4.90. The molecule has 2 aromatic rings. The molecule has 0 aromatic heterocycles. The van der Waals surface area contributed by atoms with Crippen LogP contribution in [0.3, 0.4) is 0 Å². The van der Waals surface area contributed by atoms with Crippen molar-refractivity contribution >= 4 is 5.78 Å². The fraction of sp³-hybridized carbons (Fsp3) is 0.318. The van der Waals surface area contributed by atoms with Gasteiger partial charge in [-0.05, 0) is 18.4 Å². The summed E-state index contributed by atoms with van der Waals surface area (Å²) in [4.78, 5) is 15.9. The first kappa shape index (κ1) is 17.6. The normalized spacial score (nSPS) is 17.6. The summed E-state index contributed by atoms with van der Waals surface area (Å²) >= 11 is 0. The summed E-state index contributed by atoms with van der Waals surface area (Å²) in [6.07, 6.45) is 3.17. The summed E-state index contributed by atoms with van der Waals surface area (Å²) in [5, 5.41) is 0. The summed E-state index contributed by atoms with van der Waals surface area (Å²) in [5.74, 6) is 0.166. The predicted molar refractivity (Wildman–Crippen MR) is 101 cm³/mol. The molecule has 1 atom stereocenters. The van der Waals surface area contributed by atoms with E-state index in [0.29, 0.717) is 26.1 Å². The van der Waals surface area contributed by atoms with Gasteiger partial charge in [0.1, 0.15) is 0 Å². The molecule has 2 aromatic carbocycles. The quantitative estimate of drug-likeness (QED) is 0.570. The lowest BCUT2D eigenvalue weighted by Crippen LogP contribution is -2.59. The van der Waals surface area contributed by atoms with Crippen molar-refractivity contribution in [2.75, 3.05) is 26.3 Å². The monoisotopic (exact) mass is 335 g/mol. The van der Waals surface area contributed by atoms with E-state index in [4.69, 9.17) is 4.74 Å². The number of carbonyl (C=O) groups excluding carboxylic acids is 1. The number of hydrogen-bond acceptors (Lipinski definition) is 3. The summed E-state index contributed by atoms with van der Waals surface area (Å²) in [6, 6.07) is 19.9. The first-order chi connectivity index (χ1) is 12.3.